The maximum atomic E-state index is 2.62. The van der Waals surface area contributed by atoms with Gasteiger partial charge in [-0.2, -0.15) is 0 Å². The Kier molecular flexibility index (Phi) is 10.9. The van der Waals surface area contributed by atoms with Crippen molar-refractivity contribution in [3.63, 3.8) is 0 Å². The molecule has 0 heteroatoms. The first-order valence-electron chi connectivity index (χ1n) is 11.1. The van der Waals surface area contributed by atoms with E-state index in [1.807, 2.05) is 0 Å². The molecule has 0 radical (unpaired) electrons. The van der Waals surface area contributed by atoms with Crippen molar-refractivity contribution in [3.8, 4) is 0 Å². The van der Waals surface area contributed by atoms with Gasteiger partial charge >= 0.3 is 0 Å². The van der Waals surface area contributed by atoms with E-state index >= 15 is 0 Å². The van der Waals surface area contributed by atoms with Crippen LogP contribution in [0.5, 0.6) is 0 Å². The van der Waals surface area contributed by atoms with E-state index in [0.29, 0.717) is 10.8 Å². The highest BCUT2D eigenvalue weighted by Gasteiger charge is 2.44. The predicted octanol–water partition coefficient (Wildman–Crippen LogP) is 8.74. The second-order valence-electron chi connectivity index (χ2n) is 10.1. The number of hydrogen-bond acceptors (Lipinski definition) is 0. The van der Waals surface area contributed by atoms with Crippen molar-refractivity contribution < 1.29 is 0 Å². The molecule has 0 spiro atoms. The lowest BCUT2D eigenvalue weighted by Crippen LogP contribution is -2.43. The molecule has 0 aliphatic carbocycles. The van der Waals surface area contributed by atoms with Crippen LogP contribution < -0.4 is 0 Å². The second-order valence-corrected chi connectivity index (χ2v) is 10.1. The molecule has 0 rings (SSSR count). The number of rotatable bonds is 12. The second kappa shape index (κ2) is 10.9. The molecule has 4 atom stereocenters. The summed E-state index contributed by atoms with van der Waals surface area (Å²) < 4.78 is 0. The van der Waals surface area contributed by atoms with Crippen LogP contribution in [0.25, 0.3) is 0 Å². The van der Waals surface area contributed by atoms with Gasteiger partial charge in [0.2, 0.25) is 0 Å². The third kappa shape index (κ3) is 6.72. The fourth-order valence-electron chi connectivity index (χ4n) is 5.58. The van der Waals surface area contributed by atoms with Crippen LogP contribution >= 0.6 is 0 Å². The summed E-state index contributed by atoms with van der Waals surface area (Å²) >= 11 is 0. The van der Waals surface area contributed by atoms with E-state index in [-0.39, 0.29) is 0 Å². The van der Waals surface area contributed by atoms with Crippen molar-refractivity contribution >= 4 is 0 Å². The monoisotopic (exact) mass is 338 g/mol. The Morgan fingerprint density at radius 3 is 1.29 bits per heavy atom. The van der Waals surface area contributed by atoms with Gasteiger partial charge < -0.3 is 0 Å². The summed E-state index contributed by atoms with van der Waals surface area (Å²) in [5.74, 6) is 3.40. The Labute approximate surface area is 155 Å². The number of hydrogen-bond donors (Lipinski definition) is 0. The van der Waals surface area contributed by atoms with E-state index in [0.717, 1.165) is 23.7 Å². The standard InChI is InChI=1S/C24H50/c1-11-15-19(5)20(16-12-2)24(9,10)22(18-14-4)21(17-13-3)23(6,7)8/h19-22H,11-18H2,1-10H3. The molecule has 0 saturated carbocycles. The highest BCUT2D eigenvalue weighted by molar-refractivity contribution is 4.93. The van der Waals surface area contributed by atoms with E-state index < -0.39 is 0 Å². The molecule has 24 heavy (non-hydrogen) atoms. The Morgan fingerprint density at radius 1 is 0.542 bits per heavy atom. The lowest BCUT2D eigenvalue weighted by Gasteiger charge is -2.51. The average Bonchev–Trinajstić information content (AvgIpc) is 2.47. The first kappa shape index (κ1) is 24.0. The minimum Gasteiger partial charge on any atom is -0.0654 e. The van der Waals surface area contributed by atoms with E-state index in [9.17, 15) is 0 Å². The molecule has 0 heterocycles. The van der Waals surface area contributed by atoms with E-state index in [1.165, 1.54) is 51.4 Å². The highest BCUT2D eigenvalue weighted by atomic mass is 14.5. The van der Waals surface area contributed by atoms with Crippen LogP contribution in [0.2, 0.25) is 0 Å². The van der Waals surface area contributed by atoms with E-state index in [1.54, 1.807) is 0 Å². The molecule has 0 aromatic carbocycles. The molecule has 4 unspecified atom stereocenters. The van der Waals surface area contributed by atoms with Gasteiger partial charge in [-0.25, -0.2) is 0 Å². The normalized spacial score (nSPS) is 18.2. The first-order chi connectivity index (χ1) is 11.1. The van der Waals surface area contributed by atoms with Crippen molar-refractivity contribution in [2.45, 2.75) is 121 Å². The van der Waals surface area contributed by atoms with Crippen molar-refractivity contribution in [2.75, 3.05) is 0 Å². The molecule has 0 aromatic rings. The Morgan fingerprint density at radius 2 is 0.917 bits per heavy atom. The van der Waals surface area contributed by atoms with Crippen molar-refractivity contribution in [1.29, 1.82) is 0 Å². The molecule has 0 N–H and O–H groups in total. The minimum absolute atomic E-state index is 0.415. The molecule has 0 aromatic heterocycles. The summed E-state index contributed by atoms with van der Waals surface area (Å²) in [5, 5.41) is 0. The van der Waals surface area contributed by atoms with Gasteiger partial charge in [-0.1, -0.05) is 101 Å². The topological polar surface area (TPSA) is 0 Å². The van der Waals surface area contributed by atoms with Gasteiger partial charge in [0, 0.05) is 0 Å². The van der Waals surface area contributed by atoms with E-state index in [4.69, 9.17) is 0 Å². The van der Waals surface area contributed by atoms with Crippen LogP contribution in [0.15, 0.2) is 0 Å². The summed E-state index contributed by atoms with van der Waals surface area (Å²) in [6.45, 7) is 24.7. The first-order valence-corrected chi connectivity index (χ1v) is 11.1. The van der Waals surface area contributed by atoms with Gasteiger partial charge in [-0.05, 0) is 53.8 Å². The summed E-state index contributed by atoms with van der Waals surface area (Å²) in [6.07, 6.45) is 10.9. The molecule has 0 saturated heterocycles. The Hall–Kier alpha value is 0. The molecule has 146 valence electrons. The fraction of sp³-hybridized carbons (Fsp3) is 1.00. The lowest BCUT2D eigenvalue weighted by atomic mass is 9.54. The van der Waals surface area contributed by atoms with Crippen molar-refractivity contribution in [2.24, 2.45) is 34.5 Å². The quantitative estimate of drug-likeness (QED) is 0.333. The third-order valence-corrected chi connectivity index (χ3v) is 6.74. The molecule has 0 amide bonds. The summed E-state index contributed by atoms with van der Waals surface area (Å²) in [6, 6.07) is 0. The van der Waals surface area contributed by atoms with Gasteiger partial charge in [-0.15, -0.1) is 0 Å². The SMILES string of the molecule is CCCC(C)C(CCC)C(C)(C)C(CCC)C(CCC)C(C)(C)C. The zero-order chi connectivity index (χ0) is 19.0. The summed E-state index contributed by atoms with van der Waals surface area (Å²) in [5.41, 5.74) is 0.853. The maximum Gasteiger partial charge on any atom is -0.0292 e. The molecule has 0 nitrogen and oxygen atoms in total. The zero-order valence-electron chi connectivity index (χ0n) is 19.0. The van der Waals surface area contributed by atoms with Crippen molar-refractivity contribution in [3.05, 3.63) is 0 Å². The molecule has 0 bridgehead atoms. The molecule has 0 aliphatic heterocycles. The van der Waals surface area contributed by atoms with Crippen LogP contribution in [0.4, 0.5) is 0 Å². The van der Waals surface area contributed by atoms with Crippen LogP contribution in [0.1, 0.15) is 121 Å². The van der Waals surface area contributed by atoms with Crippen LogP contribution in [-0.2, 0) is 0 Å². The Balaban J connectivity index is 5.75. The van der Waals surface area contributed by atoms with Crippen LogP contribution in [0.3, 0.4) is 0 Å². The predicted molar refractivity (Wildman–Crippen MR) is 113 cm³/mol. The van der Waals surface area contributed by atoms with Gasteiger partial charge in [0.05, 0.1) is 0 Å². The fourth-order valence-corrected chi connectivity index (χ4v) is 5.58. The smallest absolute Gasteiger partial charge is 0.0292 e. The summed E-state index contributed by atoms with van der Waals surface area (Å²) in [4.78, 5) is 0. The molecular weight excluding hydrogens is 288 g/mol. The van der Waals surface area contributed by atoms with Crippen LogP contribution in [-0.4, -0.2) is 0 Å². The Bertz CT molecular complexity index is 306. The third-order valence-electron chi connectivity index (χ3n) is 6.74. The van der Waals surface area contributed by atoms with Gasteiger partial charge in [0.25, 0.3) is 0 Å². The highest BCUT2D eigenvalue weighted by Crippen LogP contribution is 2.52. The van der Waals surface area contributed by atoms with Crippen molar-refractivity contribution in [1.82, 2.24) is 0 Å². The molecule has 0 aliphatic rings. The molecular formula is C24H50. The van der Waals surface area contributed by atoms with Gasteiger partial charge in [0.1, 0.15) is 0 Å². The average molecular weight is 339 g/mol. The molecule has 0 fully saturated rings. The van der Waals surface area contributed by atoms with Crippen LogP contribution in [0, 0.1) is 34.5 Å². The largest absolute Gasteiger partial charge is 0.0654 e. The lowest BCUT2D eigenvalue weighted by molar-refractivity contribution is -0.0163. The van der Waals surface area contributed by atoms with Gasteiger partial charge in [-0.3, -0.25) is 0 Å². The minimum atomic E-state index is 0.415. The van der Waals surface area contributed by atoms with E-state index in [2.05, 4.69) is 69.2 Å². The van der Waals surface area contributed by atoms with Gasteiger partial charge in [0.15, 0.2) is 0 Å². The summed E-state index contributed by atoms with van der Waals surface area (Å²) in [7, 11) is 0. The maximum absolute atomic E-state index is 2.62. The zero-order valence-corrected chi connectivity index (χ0v) is 19.0.